The largest absolute Gasteiger partial charge is 0.493 e. The van der Waals surface area contributed by atoms with Gasteiger partial charge in [-0.05, 0) is 18.2 Å². The fourth-order valence-corrected chi connectivity index (χ4v) is 3.22. The van der Waals surface area contributed by atoms with Gasteiger partial charge in [0.2, 0.25) is 0 Å². The first kappa shape index (κ1) is 17.2. The summed E-state index contributed by atoms with van der Waals surface area (Å²) in [6.07, 6.45) is 3.70. The summed E-state index contributed by atoms with van der Waals surface area (Å²) in [4.78, 5) is 20.4. The summed E-state index contributed by atoms with van der Waals surface area (Å²) < 4.78 is 10.7. The van der Waals surface area contributed by atoms with Gasteiger partial charge in [0.05, 0.1) is 46.0 Å². The van der Waals surface area contributed by atoms with Crippen LogP contribution in [0, 0.1) is 0 Å². The van der Waals surface area contributed by atoms with E-state index in [1.54, 1.807) is 32.5 Å². The van der Waals surface area contributed by atoms with E-state index in [9.17, 15) is 4.79 Å². The van der Waals surface area contributed by atoms with Gasteiger partial charge in [-0.2, -0.15) is 0 Å². The van der Waals surface area contributed by atoms with Gasteiger partial charge in [0.15, 0.2) is 11.5 Å². The molecule has 1 aliphatic rings. The zero-order chi connectivity index (χ0) is 17.6. The van der Waals surface area contributed by atoms with Crippen molar-refractivity contribution >= 4 is 5.91 Å². The summed E-state index contributed by atoms with van der Waals surface area (Å²) in [6.45, 7) is 4.25. The average Bonchev–Trinajstić information content (AvgIpc) is 2.68. The number of hydrogen-bond acceptors (Lipinski definition) is 4. The minimum Gasteiger partial charge on any atom is -0.493 e. The third-order valence-electron chi connectivity index (χ3n) is 4.57. The number of pyridine rings is 1. The number of nitrogens with zero attached hydrogens (tertiary/aromatic N) is 2. The van der Waals surface area contributed by atoms with Crippen LogP contribution in [0.15, 0.2) is 42.7 Å². The smallest absolute Gasteiger partial charge is 0.258 e. The van der Waals surface area contributed by atoms with E-state index in [-0.39, 0.29) is 5.91 Å². The summed E-state index contributed by atoms with van der Waals surface area (Å²) >= 11 is 0. The van der Waals surface area contributed by atoms with Crippen LogP contribution in [-0.2, 0) is 6.54 Å². The Kier molecular flexibility index (Phi) is 5.50. The fraction of sp³-hybridized carbons (Fsp3) is 0.368. The van der Waals surface area contributed by atoms with Gasteiger partial charge in [-0.25, -0.2) is 0 Å². The number of nitrogens with one attached hydrogen (secondary N) is 1. The lowest BCUT2D eigenvalue weighted by Crippen LogP contribution is -3.13. The summed E-state index contributed by atoms with van der Waals surface area (Å²) in [5.41, 5.74) is 1.78. The number of aromatic nitrogens is 1. The van der Waals surface area contributed by atoms with Crippen LogP contribution >= 0.6 is 0 Å². The Labute approximate surface area is 148 Å². The van der Waals surface area contributed by atoms with Crippen LogP contribution in [0.2, 0.25) is 0 Å². The maximum Gasteiger partial charge on any atom is 0.258 e. The molecule has 0 saturated carbocycles. The maximum absolute atomic E-state index is 12.9. The first-order chi connectivity index (χ1) is 12.2. The second-order valence-electron chi connectivity index (χ2n) is 6.12. The summed E-state index contributed by atoms with van der Waals surface area (Å²) in [5, 5.41) is 0. The van der Waals surface area contributed by atoms with E-state index in [2.05, 4.69) is 11.1 Å². The summed E-state index contributed by atoms with van der Waals surface area (Å²) in [7, 11) is 3.14. The van der Waals surface area contributed by atoms with Crippen molar-refractivity contribution in [2.24, 2.45) is 0 Å². The molecule has 1 saturated heterocycles. The molecular weight excluding hydrogens is 318 g/mol. The van der Waals surface area contributed by atoms with Crippen LogP contribution in [-0.4, -0.2) is 56.2 Å². The quantitative estimate of drug-likeness (QED) is 0.866. The van der Waals surface area contributed by atoms with Gasteiger partial charge in [0, 0.05) is 18.0 Å². The molecule has 1 aromatic heterocycles. The molecule has 1 aromatic carbocycles. The number of piperazine rings is 1. The lowest BCUT2D eigenvalue weighted by molar-refractivity contribution is -0.917. The highest BCUT2D eigenvalue weighted by Gasteiger charge is 2.27. The van der Waals surface area contributed by atoms with Gasteiger partial charge in [0.1, 0.15) is 6.54 Å². The Bertz CT molecular complexity index is 713. The van der Waals surface area contributed by atoms with Crippen molar-refractivity contribution in [1.29, 1.82) is 0 Å². The molecule has 1 aliphatic heterocycles. The molecule has 0 aliphatic carbocycles. The summed E-state index contributed by atoms with van der Waals surface area (Å²) in [5.74, 6) is 1.07. The van der Waals surface area contributed by atoms with Crippen molar-refractivity contribution in [3.05, 3.63) is 53.9 Å². The molecule has 1 N–H and O–H groups in total. The third-order valence-corrected chi connectivity index (χ3v) is 4.57. The first-order valence-electron chi connectivity index (χ1n) is 8.45. The molecule has 2 aromatic rings. The van der Waals surface area contributed by atoms with Gasteiger partial charge in [-0.15, -0.1) is 0 Å². The second kappa shape index (κ2) is 7.98. The molecule has 1 amide bonds. The predicted molar refractivity (Wildman–Crippen MR) is 94.1 cm³/mol. The van der Waals surface area contributed by atoms with Crippen molar-refractivity contribution < 1.29 is 19.2 Å². The molecule has 3 rings (SSSR count). The monoisotopic (exact) mass is 342 g/mol. The lowest BCUT2D eigenvalue weighted by Gasteiger charge is -2.32. The number of para-hydroxylation sites is 1. The molecular formula is C19H24N3O3+. The molecule has 132 valence electrons. The van der Waals surface area contributed by atoms with Gasteiger partial charge < -0.3 is 19.3 Å². The zero-order valence-electron chi connectivity index (χ0n) is 14.7. The van der Waals surface area contributed by atoms with E-state index in [0.717, 1.165) is 32.7 Å². The summed E-state index contributed by atoms with van der Waals surface area (Å²) in [6, 6.07) is 9.46. The zero-order valence-corrected chi connectivity index (χ0v) is 14.7. The first-order valence-corrected chi connectivity index (χ1v) is 8.45. The molecule has 0 bridgehead atoms. The van der Waals surface area contributed by atoms with Gasteiger partial charge >= 0.3 is 0 Å². The Hall–Kier alpha value is -2.60. The van der Waals surface area contributed by atoms with E-state index in [1.807, 2.05) is 23.2 Å². The highest BCUT2D eigenvalue weighted by atomic mass is 16.5. The van der Waals surface area contributed by atoms with Gasteiger partial charge in [-0.3, -0.25) is 9.78 Å². The van der Waals surface area contributed by atoms with Crippen LogP contribution in [0.25, 0.3) is 0 Å². The number of ether oxygens (including phenoxy) is 2. The highest BCUT2D eigenvalue weighted by molar-refractivity contribution is 5.97. The number of carbonyl (C=O) groups excluding carboxylic acids is 1. The van der Waals surface area contributed by atoms with Crippen LogP contribution < -0.4 is 14.4 Å². The Balaban J connectivity index is 1.64. The molecule has 6 heteroatoms. The molecule has 0 spiro atoms. The van der Waals surface area contributed by atoms with Crippen LogP contribution in [0.3, 0.4) is 0 Å². The van der Waals surface area contributed by atoms with Crippen LogP contribution in [0.1, 0.15) is 15.9 Å². The average molecular weight is 342 g/mol. The number of methoxy groups -OCH3 is 2. The number of rotatable bonds is 5. The number of quaternary nitrogens is 1. The number of amides is 1. The van der Waals surface area contributed by atoms with Gasteiger partial charge in [-0.1, -0.05) is 12.1 Å². The Morgan fingerprint density at radius 1 is 1.16 bits per heavy atom. The molecule has 6 nitrogen and oxygen atoms in total. The topological polar surface area (TPSA) is 56.1 Å². The van der Waals surface area contributed by atoms with Crippen molar-refractivity contribution in [3.8, 4) is 11.5 Å². The lowest BCUT2D eigenvalue weighted by atomic mass is 10.1. The van der Waals surface area contributed by atoms with Crippen LogP contribution in [0.5, 0.6) is 11.5 Å². The SMILES string of the molecule is COc1cccc(C(=O)N2CC[NH+](Cc3cccnc3)CC2)c1OC. The Morgan fingerprint density at radius 2 is 1.96 bits per heavy atom. The van der Waals surface area contributed by atoms with Crippen molar-refractivity contribution in [2.45, 2.75) is 6.54 Å². The molecule has 0 unspecified atom stereocenters. The molecule has 25 heavy (non-hydrogen) atoms. The third kappa shape index (κ3) is 3.91. The molecule has 2 heterocycles. The van der Waals surface area contributed by atoms with E-state index in [1.165, 1.54) is 10.5 Å². The van der Waals surface area contributed by atoms with Crippen molar-refractivity contribution in [3.63, 3.8) is 0 Å². The molecule has 0 radical (unpaired) electrons. The maximum atomic E-state index is 12.9. The van der Waals surface area contributed by atoms with Crippen LogP contribution in [0.4, 0.5) is 0 Å². The van der Waals surface area contributed by atoms with E-state index in [4.69, 9.17) is 9.47 Å². The highest BCUT2D eigenvalue weighted by Crippen LogP contribution is 2.31. The standard InChI is InChI=1S/C19H23N3O3/c1-24-17-7-3-6-16(18(17)25-2)19(23)22-11-9-21(10-12-22)14-15-5-4-8-20-13-15/h3-8,13H,9-12,14H2,1-2H3/p+1. The number of hydrogen-bond donors (Lipinski definition) is 1. The minimum absolute atomic E-state index is 0.00354. The van der Waals surface area contributed by atoms with E-state index in [0.29, 0.717) is 17.1 Å². The van der Waals surface area contributed by atoms with E-state index >= 15 is 0 Å². The van der Waals surface area contributed by atoms with Gasteiger partial charge in [0.25, 0.3) is 5.91 Å². The Morgan fingerprint density at radius 3 is 2.60 bits per heavy atom. The molecule has 1 fully saturated rings. The van der Waals surface area contributed by atoms with Crippen molar-refractivity contribution in [2.75, 3.05) is 40.4 Å². The predicted octanol–water partition coefficient (Wildman–Crippen LogP) is 0.640. The normalized spacial score (nSPS) is 15.0. The number of carbonyl (C=O) groups is 1. The fourth-order valence-electron chi connectivity index (χ4n) is 3.22. The number of benzene rings is 1. The second-order valence-corrected chi connectivity index (χ2v) is 6.12. The van der Waals surface area contributed by atoms with E-state index < -0.39 is 0 Å². The molecule has 0 atom stereocenters. The van der Waals surface area contributed by atoms with Crippen molar-refractivity contribution in [1.82, 2.24) is 9.88 Å². The minimum atomic E-state index is -0.00354.